The monoisotopic (exact) mass is 405 g/mol. The van der Waals surface area contributed by atoms with Gasteiger partial charge in [0.25, 0.3) is 5.69 Å². The number of carbonyl (C=O) groups is 2. The Morgan fingerprint density at radius 1 is 0.833 bits per heavy atom. The number of benzene rings is 3. The molecule has 0 heterocycles. The molecule has 0 aliphatic carbocycles. The van der Waals surface area contributed by atoms with Crippen molar-refractivity contribution >= 4 is 17.4 Å². The van der Waals surface area contributed by atoms with Crippen molar-refractivity contribution < 1.29 is 24.0 Å². The molecule has 3 aromatic rings. The third-order valence-corrected chi connectivity index (χ3v) is 4.39. The highest BCUT2D eigenvalue weighted by molar-refractivity contribution is 5.99. The number of rotatable bonds is 8. The van der Waals surface area contributed by atoms with Crippen LogP contribution >= 0.6 is 0 Å². The number of ether oxygens (including phenoxy) is 2. The number of esters is 1. The molecule has 0 spiro atoms. The van der Waals surface area contributed by atoms with Crippen molar-refractivity contribution in [2.75, 3.05) is 6.61 Å². The number of non-ortho nitro benzene ring substituents is 1. The van der Waals surface area contributed by atoms with Gasteiger partial charge in [-0.2, -0.15) is 0 Å². The summed E-state index contributed by atoms with van der Waals surface area (Å²) in [7, 11) is 0. The van der Waals surface area contributed by atoms with Crippen LogP contribution < -0.4 is 4.74 Å². The first-order valence-corrected chi connectivity index (χ1v) is 9.28. The summed E-state index contributed by atoms with van der Waals surface area (Å²) in [5, 5.41) is 10.7. The van der Waals surface area contributed by atoms with Crippen LogP contribution in [0.4, 0.5) is 5.69 Å². The predicted molar refractivity (Wildman–Crippen MR) is 110 cm³/mol. The molecule has 0 amide bonds. The zero-order valence-corrected chi connectivity index (χ0v) is 16.2. The maximum Gasteiger partial charge on any atom is 0.338 e. The van der Waals surface area contributed by atoms with Crippen molar-refractivity contribution in [3.8, 4) is 11.5 Å². The number of nitro groups is 1. The van der Waals surface area contributed by atoms with Gasteiger partial charge in [-0.05, 0) is 48.4 Å². The molecule has 0 fully saturated rings. The summed E-state index contributed by atoms with van der Waals surface area (Å²) in [5.74, 6) is -0.0114. The Hall–Kier alpha value is -4.00. The molecule has 0 aliphatic heterocycles. The maximum atomic E-state index is 12.2. The molecule has 0 aromatic heterocycles. The van der Waals surface area contributed by atoms with Gasteiger partial charge < -0.3 is 9.47 Å². The number of nitrogens with zero attached hydrogens (tertiary/aromatic N) is 1. The quantitative estimate of drug-likeness (QED) is 0.227. The molecule has 0 atom stereocenters. The molecule has 3 aromatic carbocycles. The van der Waals surface area contributed by atoms with Crippen LogP contribution in [0, 0.1) is 10.1 Å². The third kappa shape index (κ3) is 5.29. The number of carbonyl (C=O) groups excluding carboxylic acids is 2. The first-order valence-electron chi connectivity index (χ1n) is 9.28. The minimum absolute atomic E-state index is 0.0312. The van der Waals surface area contributed by atoms with E-state index in [1.165, 1.54) is 36.4 Å². The third-order valence-electron chi connectivity index (χ3n) is 4.39. The molecule has 0 saturated carbocycles. The Morgan fingerprint density at radius 2 is 1.37 bits per heavy atom. The average Bonchev–Trinajstić information content (AvgIpc) is 2.78. The summed E-state index contributed by atoms with van der Waals surface area (Å²) in [5.41, 5.74) is 1.86. The molecule has 0 unspecified atom stereocenters. The highest BCUT2D eigenvalue weighted by Crippen LogP contribution is 2.24. The van der Waals surface area contributed by atoms with E-state index in [2.05, 4.69) is 0 Å². The smallest absolute Gasteiger partial charge is 0.338 e. The zero-order valence-electron chi connectivity index (χ0n) is 16.2. The van der Waals surface area contributed by atoms with Crippen molar-refractivity contribution in [3.63, 3.8) is 0 Å². The molecule has 0 saturated heterocycles. The standard InChI is InChI=1S/C23H19NO6/c1-2-16-3-5-17(6-4-16)22(25)15-29-23(26)18-7-11-20(12-8-18)30-21-13-9-19(10-14-21)24(27)28/h3-14H,2,15H2,1H3. The topological polar surface area (TPSA) is 95.7 Å². The van der Waals surface area contributed by atoms with E-state index >= 15 is 0 Å². The molecule has 30 heavy (non-hydrogen) atoms. The summed E-state index contributed by atoms with van der Waals surface area (Å²) in [6.45, 7) is 1.69. The van der Waals surface area contributed by atoms with Crippen LogP contribution in [0.15, 0.2) is 72.8 Å². The summed E-state index contributed by atoms with van der Waals surface area (Å²) in [6.07, 6.45) is 0.882. The van der Waals surface area contributed by atoms with E-state index in [0.29, 0.717) is 17.1 Å². The van der Waals surface area contributed by atoms with Gasteiger partial charge in [0, 0.05) is 17.7 Å². The number of hydrogen-bond donors (Lipinski definition) is 0. The van der Waals surface area contributed by atoms with Crippen molar-refractivity contribution in [1.82, 2.24) is 0 Å². The lowest BCUT2D eigenvalue weighted by molar-refractivity contribution is -0.384. The van der Waals surface area contributed by atoms with Gasteiger partial charge in [0.1, 0.15) is 11.5 Å². The minimum atomic E-state index is -0.615. The van der Waals surface area contributed by atoms with E-state index in [4.69, 9.17) is 9.47 Å². The first-order chi connectivity index (χ1) is 14.5. The second-order valence-electron chi connectivity index (χ2n) is 6.43. The van der Waals surface area contributed by atoms with Gasteiger partial charge >= 0.3 is 5.97 Å². The zero-order chi connectivity index (χ0) is 21.5. The Balaban J connectivity index is 1.55. The Bertz CT molecular complexity index is 1040. The molecule has 0 N–H and O–H groups in total. The predicted octanol–water partition coefficient (Wildman–Crippen LogP) is 4.99. The van der Waals surface area contributed by atoms with E-state index in [-0.39, 0.29) is 23.6 Å². The molecule has 152 valence electrons. The molecular formula is C23H19NO6. The van der Waals surface area contributed by atoms with Gasteiger partial charge in [-0.25, -0.2) is 4.79 Å². The van der Waals surface area contributed by atoms with Gasteiger partial charge in [0.2, 0.25) is 0 Å². The number of ketones is 1. The number of aryl methyl sites for hydroxylation is 1. The number of Topliss-reactive ketones (excluding diaryl/α,β-unsaturated/α-hetero) is 1. The summed E-state index contributed by atoms with van der Waals surface area (Å²) < 4.78 is 10.7. The van der Waals surface area contributed by atoms with Crippen molar-refractivity contribution in [2.45, 2.75) is 13.3 Å². The van der Waals surface area contributed by atoms with Crippen LogP contribution in [0.5, 0.6) is 11.5 Å². The van der Waals surface area contributed by atoms with Crippen LogP contribution in [-0.4, -0.2) is 23.3 Å². The molecule has 7 nitrogen and oxygen atoms in total. The first kappa shape index (κ1) is 20.7. The van der Waals surface area contributed by atoms with Crippen LogP contribution in [0.1, 0.15) is 33.2 Å². The van der Waals surface area contributed by atoms with Crippen LogP contribution in [0.25, 0.3) is 0 Å². The van der Waals surface area contributed by atoms with Gasteiger partial charge in [-0.1, -0.05) is 31.2 Å². The van der Waals surface area contributed by atoms with Crippen LogP contribution in [-0.2, 0) is 11.2 Å². The van der Waals surface area contributed by atoms with Crippen molar-refractivity contribution in [2.24, 2.45) is 0 Å². The lowest BCUT2D eigenvalue weighted by atomic mass is 10.1. The van der Waals surface area contributed by atoms with Gasteiger partial charge in [0.15, 0.2) is 12.4 Å². The van der Waals surface area contributed by atoms with Crippen LogP contribution in [0.3, 0.4) is 0 Å². The molecular weight excluding hydrogens is 386 g/mol. The Kier molecular flexibility index (Phi) is 6.54. The largest absolute Gasteiger partial charge is 0.457 e. The fourth-order valence-electron chi connectivity index (χ4n) is 2.66. The molecule has 0 bridgehead atoms. The molecule has 0 radical (unpaired) electrons. The van der Waals surface area contributed by atoms with E-state index in [1.807, 2.05) is 19.1 Å². The Labute approximate surface area is 173 Å². The second kappa shape index (κ2) is 9.47. The van der Waals surface area contributed by atoms with Gasteiger partial charge in [-0.3, -0.25) is 14.9 Å². The fourth-order valence-corrected chi connectivity index (χ4v) is 2.66. The van der Waals surface area contributed by atoms with Gasteiger partial charge in [0.05, 0.1) is 10.5 Å². The SMILES string of the molecule is CCc1ccc(C(=O)COC(=O)c2ccc(Oc3ccc([N+](=O)[O-])cc3)cc2)cc1. The summed E-state index contributed by atoms with van der Waals surface area (Å²) in [6, 6.07) is 19.0. The van der Waals surface area contributed by atoms with Crippen molar-refractivity contribution in [3.05, 3.63) is 99.6 Å². The molecule has 7 heteroatoms. The van der Waals surface area contributed by atoms with Gasteiger partial charge in [-0.15, -0.1) is 0 Å². The van der Waals surface area contributed by atoms with E-state index in [9.17, 15) is 19.7 Å². The van der Waals surface area contributed by atoms with E-state index in [1.54, 1.807) is 24.3 Å². The van der Waals surface area contributed by atoms with E-state index in [0.717, 1.165) is 12.0 Å². The summed E-state index contributed by atoms with van der Waals surface area (Å²) >= 11 is 0. The van der Waals surface area contributed by atoms with Crippen LogP contribution in [0.2, 0.25) is 0 Å². The van der Waals surface area contributed by atoms with Crippen molar-refractivity contribution in [1.29, 1.82) is 0 Å². The maximum absolute atomic E-state index is 12.2. The molecule has 0 aliphatic rings. The lowest BCUT2D eigenvalue weighted by Gasteiger charge is -2.07. The Morgan fingerprint density at radius 3 is 1.90 bits per heavy atom. The minimum Gasteiger partial charge on any atom is -0.457 e. The highest BCUT2D eigenvalue weighted by atomic mass is 16.6. The fraction of sp³-hybridized carbons (Fsp3) is 0.130. The highest BCUT2D eigenvalue weighted by Gasteiger charge is 2.12. The summed E-state index contributed by atoms with van der Waals surface area (Å²) in [4.78, 5) is 34.5. The number of nitro benzene ring substituents is 1. The second-order valence-corrected chi connectivity index (χ2v) is 6.43. The number of hydrogen-bond acceptors (Lipinski definition) is 6. The lowest BCUT2D eigenvalue weighted by Crippen LogP contribution is -2.14. The molecule has 3 rings (SSSR count). The van der Waals surface area contributed by atoms with E-state index < -0.39 is 10.9 Å². The average molecular weight is 405 g/mol. The normalized spacial score (nSPS) is 10.3.